The summed E-state index contributed by atoms with van der Waals surface area (Å²) in [6.07, 6.45) is 2.37. The molecule has 1 aromatic heterocycles. The smallest absolute Gasteiger partial charge is 0.128 e. The van der Waals surface area contributed by atoms with Gasteiger partial charge in [-0.2, -0.15) is 0 Å². The number of hydrogen-bond donors (Lipinski definition) is 3. The molecule has 0 aliphatic rings. The third-order valence-corrected chi connectivity index (χ3v) is 2.57. The van der Waals surface area contributed by atoms with Crippen LogP contribution in [-0.4, -0.2) is 22.7 Å². The van der Waals surface area contributed by atoms with Gasteiger partial charge in [-0.1, -0.05) is 20.8 Å². The summed E-state index contributed by atoms with van der Waals surface area (Å²) in [6, 6.07) is 3.73. The summed E-state index contributed by atoms with van der Waals surface area (Å²) in [6.45, 7) is 6.56. The summed E-state index contributed by atoms with van der Waals surface area (Å²) < 4.78 is 0. The molecular formula is C12H21N3O. The summed E-state index contributed by atoms with van der Waals surface area (Å²) >= 11 is 0. The Hall–Kier alpha value is -1.29. The van der Waals surface area contributed by atoms with Gasteiger partial charge in [0.25, 0.3) is 0 Å². The molecule has 1 unspecified atom stereocenters. The van der Waals surface area contributed by atoms with Crippen LogP contribution in [0.4, 0.5) is 11.5 Å². The molecule has 0 aliphatic heterocycles. The largest absolute Gasteiger partial charge is 0.399 e. The molecule has 0 aromatic carbocycles. The zero-order valence-electron chi connectivity index (χ0n) is 10.2. The SMILES string of the molecule is CC(C)(C)C(CCO)Nc1cc(N)ccn1. The van der Waals surface area contributed by atoms with Crippen LogP contribution in [0.25, 0.3) is 0 Å². The predicted octanol–water partition coefficient (Wildman–Crippen LogP) is 1.87. The van der Waals surface area contributed by atoms with Crippen LogP contribution in [0.1, 0.15) is 27.2 Å². The van der Waals surface area contributed by atoms with E-state index in [1.54, 1.807) is 18.3 Å². The molecule has 90 valence electrons. The van der Waals surface area contributed by atoms with Gasteiger partial charge >= 0.3 is 0 Å². The molecule has 1 heterocycles. The van der Waals surface area contributed by atoms with Crippen molar-refractivity contribution in [3.63, 3.8) is 0 Å². The molecule has 0 spiro atoms. The first-order chi connectivity index (χ1) is 7.43. The van der Waals surface area contributed by atoms with Crippen molar-refractivity contribution in [2.45, 2.75) is 33.2 Å². The highest BCUT2D eigenvalue weighted by molar-refractivity contribution is 5.49. The summed E-state index contributed by atoms with van der Waals surface area (Å²) in [5, 5.41) is 12.4. The van der Waals surface area contributed by atoms with Crippen LogP contribution in [0.15, 0.2) is 18.3 Å². The molecule has 0 radical (unpaired) electrons. The molecule has 1 aromatic rings. The molecule has 0 saturated carbocycles. The standard InChI is InChI=1S/C12H21N3O/c1-12(2,3)10(5-7-16)15-11-8-9(13)4-6-14-11/h4,6,8,10,16H,5,7H2,1-3H3,(H3,13,14,15). The van der Waals surface area contributed by atoms with Crippen molar-refractivity contribution in [3.05, 3.63) is 18.3 Å². The van der Waals surface area contributed by atoms with Crippen LogP contribution in [-0.2, 0) is 0 Å². The van der Waals surface area contributed by atoms with Gasteiger partial charge in [-0.3, -0.25) is 0 Å². The van der Waals surface area contributed by atoms with E-state index in [-0.39, 0.29) is 18.1 Å². The highest BCUT2D eigenvalue weighted by atomic mass is 16.3. The topological polar surface area (TPSA) is 71.2 Å². The minimum absolute atomic E-state index is 0.0645. The number of anilines is 2. The van der Waals surface area contributed by atoms with E-state index in [0.717, 1.165) is 5.82 Å². The fourth-order valence-electron chi connectivity index (χ4n) is 1.56. The number of rotatable bonds is 4. The number of nitrogens with two attached hydrogens (primary N) is 1. The van der Waals surface area contributed by atoms with Crippen LogP contribution in [0, 0.1) is 5.41 Å². The number of nitrogens with one attached hydrogen (secondary N) is 1. The molecule has 0 bridgehead atoms. The molecule has 0 amide bonds. The minimum atomic E-state index is 0.0645. The Balaban J connectivity index is 2.76. The first kappa shape index (κ1) is 12.8. The van der Waals surface area contributed by atoms with Crippen molar-refractivity contribution in [1.82, 2.24) is 4.98 Å². The molecule has 1 rings (SSSR count). The Morgan fingerprint density at radius 2 is 2.19 bits per heavy atom. The molecule has 4 heteroatoms. The number of aliphatic hydroxyl groups is 1. The number of nitrogen functional groups attached to an aromatic ring is 1. The molecule has 0 fully saturated rings. The number of aliphatic hydroxyl groups excluding tert-OH is 1. The lowest BCUT2D eigenvalue weighted by molar-refractivity contribution is 0.235. The Morgan fingerprint density at radius 3 is 2.69 bits per heavy atom. The van der Waals surface area contributed by atoms with E-state index in [1.165, 1.54) is 0 Å². The lowest BCUT2D eigenvalue weighted by Gasteiger charge is -2.31. The average Bonchev–Trinajstić information content (AvgIpc) is 2.16. The maximum Gasteiger partial charge on any atom is 0.128 e. The maximum atomic E-state index is 9.05. The van der Waals surface area contributed by atoms with Crippen molar-refractivity contribution in [2.24, 2.45) is 5.41 Å². The van der Waals surface area contributed by atoms with Gasteiger partial charge in [0.2, 0.25) is 0 Å². The third-order valence-electron chi connectivity index (χ3n) is 2.57. The molecule has 1 atom stereocenters. The third kappa shape index (κ3) is 3.70. The van der Waals surface area contributed by atoms with E-state index in [4.69, 9.17) is 10.8 Å². The van der Waals surface area contributed by atoms with Crippen molar-refractivity contribution in [2.75, 3.05) is 17.7 Å². The fraction of sp³-hybridized carbons (Fsp3) is 0.583. The monoisotopic (exact) mass is 223 g/mol. The number of nitrogens with zero attached hydrogens (tertiary/aromatic N) is 1. The van der Waals surface area contributed by atoms with Gasteiger partial charge in [0, 0.05) is 30.6 Å². The number of pyridine rings is 1. The predicted molar refractivity (Wildman–Crippen MR) is 67.2 cm³/mol. The summed E-state index contributed by atoms with van der Waals surface area (Å²) in [5.41, 5.74) is 6.44. The number of hydrogen-bond acceptors (Lipinski definition) is 4. The second kappa shape index (κ2) is 5.16. The molecule has 4 N–H and O–H groups in total. The van der Waals surface area contributed by atoms with Crippen molar-refractivity contribution >= 4 is 11.5 Å². The number of aromatic nitrogens is 1. The van der Waals surface area contributed by atoms with Crippen LogP contribution in [0.5, 0.6) is 0 Å². The van der Waals surface area contributed by atoms with E-state index in [9.17, 15) is 0 Å². The first-order valence-electron chi connectivity index (χ1n) is 5.52. The van der Waals surface area contributed by atoms with Crippen LogP contribution < -0.4 is 11.1 Å². The Morgan fingerprint density at radius 1 is 1.50 bits per heavy atom. The second-order valence-electron chi connectivity index (χ2n) is 5.05. The average molecular weight is 223 g/mol. The van der Waals surface area contributed by atoms with Gasteiger partial charge in [0.05, 0.1) is 0 Å². The summed E-state index contributed by atoms with van der Waals surface area (Å²) in [7, 11) is 0. The van der Waals surface area contributed by atoms with Crippen LogP contribution >= 0.6 is 0 Å². The summed E-state index contributed by atoms with van der Waals surface area (Å²) in [5.74, 6) is 0.758. The van der Waals surface area contributed by atoms with E-state index >= 15 is 0 Å². The van der Waals surface area contributed by atoms with Gasteiger partial charge in [0.1, 0.15) is 5.82 Å². The van der Waals surface area contributed by atoms with E-state index in [0.29, 0.717) is 12.1 Å². The van der Waals surface area contributed by atoms with Crippen LogP contribution in [0.2, 0.25) is 0 Å². The molecular weight excluding hydrogens is 202 g/mol. The lowest BCUT2D eigenvalue weighted by atomic mass is 9.85. The lowest BCUT2D eigenvalue weighted by Crippen LogP contribution is -2.35. The molecule has 0 saturated heterocycles. The Kier molecular flexibility index (Phi) is 4.12. The maximum absolute atomic E-state index is 9.05. The Bertz CT molecular complexity index is 333. The van der Waals surface area contributed by atoms with E-state index in [2.05, 4.69) is 31.1 Å². The van der Waals surface area contributed by atoms with E-state index < -0.39 is 0 Å². The van der Waals surface area contributed by atoms with Gasteiger partial charge < -0.3 is 16.2 Å². The quantitative estimate of drug-likeness (QED) is 0.728. The fourth-order valence-corrected chi connectivity index (χ4v) is 1.56. The van der Waals surface area contributed by atoms with Crippen molar-refractivity contribution in [3.8, 4) is 0 Å². The molecule has 4 nitrogen and oxygen atoms in total. The highest BCUT2D eigenvalue weighted by Gasteiger charge is 2.24. The zero-order chi connectivity index (χ0) is 12.2. The van der Waals surface area contributed by atoms with Gasteiger partial charge in [-0.15, -0.1) is 0 Å². The zero-order valence-corrected chi connectivity index (χ0v) is 10.2. The van der Waals surface area contributed by atoms with Gasteiger partial charge in [-0.25, -0.2) is 4.98 Å². The van der Waals surface area contributed by atoms with Crippen molar-refractivity contribution in [1.29, 1.82) is 0 Å². The minimum Gasteiger partial charge on any atom is -0.399 e. The van der Waals surface area contributed by atoms with Crippen LogP contribution in [0.3, 0.4) is 0 Å². The first-order valence-corrected chi connectivity index (χ1v) is 5.52. The van der Waals surface area contributed by atoms with Gasteiger partial charge in [-0.05, 0) is 17.9 Å². The van der Waals surface area contributed by atoms with Crippen molar-refractivity contribution < 1.29 is 5.11 Å². The molecule has 16 heavy (non-hydrogen) atoms. The normalized spacial score (nSPS) is 13.5. The van der Waals surface area contributed by atoms with E-state index in [1.807, 2.05) is 0 Å². The molecule has 0 aliphatic carbocycles. The Labute approximate surface area is 96.9 Å². The summed E-state index contributed by atoms with van der Waals surface area (Å²) in [4.78, 5) is 4.20. The highest BCUT2D eigenvalue weighted by Crippen LogP contribution is 2.25. The second-order valence-corrected chi connectivity index (χ2v) is 5.05. The van der Waals surface area contributed by atoms with Gasteiger partial charge in [0.15, 0.2) is 0 Å².